The minimum atomic E-state index is 0.963. The molecular formula is C10H16N2. The van der Waals surface area contributed by atoms with Gasteiger partial charge in [0.2, 0.25) is 0 Å². The minimum absolute atomic E-state index is 0.963. The number of nitrogens with zero attached hydrogens (tertiary/aromatic N) is 2. The van der Waals surface area contributed by atoms with Gasteiger partial charge in [-0.15, -0.1) is 0 Å². The van der Waals surface area contributed by atoms with Crippen LogP contribution >= 0.6 is 0 Å². The monoisotopic (exact) mass is 164 g/mol. The van der Waals surface area contributed by atoms with E-state index in [9.17, 15) is 0 Å². The quantitative estimate of drug-likeness (QED) is 0.533. The van der Waals surface area contributed by atoms with Gasteiger partial charge in [-0.25, -0.2) is 10.0 Å². The van der Waals surface area contributed by atoms with E-state index in [2.05, 4.69) is 10.0 Å². The predicted octanol–water partition coefficient (Wildman–Crippen LogP) is 1.37. The molecule has 0 N–H and O–H groups in total. The van der Waals surface area contributed by atoms with Crippen molar-refractivity contribution in [2.24, 2.45) is 0 Å². The molecule has 2 saturated carbocycles. The van der Waals surface area contributed by atoms with E-state index in [1.807, 2.05) is 0 Å². The Morgan fingerprint density at radius 2 is 0.917 bits per heavy atom. The summed E-state index contributed by atoms with van der Waals surface area (Å²) < 4.78 is 0. The lowest BCUT2D eigenvalue weighted by Gasteiger charge is -2.41. The first kappa shape index (κ1) is 6.39. The van der Waals surface area contributed by atoms with Gasteiger partial charge in [-0.1, -0.05) is 0 Å². The summed E-state index contributed by atoms with van der Waals surface area (Å²) in [6, 6.07) is 3.85. The number of fused-ring (bicyclic) bond motifs is 9. The molecule has 4 aliphatic rings. The molecule has 0 amide bonds. The van der Waals surface area contributed by atoms with E-state index >= 15 is 0 Å². The van der Waals surface area contributed by atoms with Crippen molar-refractivity contribution in [2.45, 2.75) is 62.7 Å². The van der Waals surface area contributed by atoms with Crippen LogP contribution in [0.5, 0.6) is 0 Å². The van der Waals surface area contributed by atoms with Crippen LogP contribution in [-0.4, -0.2) is 34.2 Å². The van der Waals surface area contributed by atoms with E-state index in [0.29, 0.717) is 0 Å². The third-order valence-corrected chi connectivity index (χ3v) is 4.52. The fourth-order valence-electron chi connectivity index (χ4n) is 4.18. The lowest BCUT2D eigenvalue weighted by atomic mass is 10.2. The van der Waals surface area contributed by atoms with Crippen LogP contribution < -0.4 is 0 Å². The Balaban J connectivity index is 1.77. The zero-order chi connectivity index (χ0) is 7.71. The molecule has 0 aromatic rings. The van der Waals surface area contributed by atoms with E-state index in [0.717, 1.165) is 24.2 Å². The molecule has 12 heavy (non-hydrogen) atoms. The molecule has 2 aliphatic carbocycles. The Morgan fingerprint density at radius 1 is 0.583 bits per heavy atom. The molecule has 0 spiro atoms. The second-order valence-electron chi connectivity index (χ2n) is 5.00. The van der Waals surface area contributed by atoms with Crippen molar-refractivity contribution in [1.82, 2.24) is 10.0 Å². The maximum atomic E-state index is 2.77. The Morgan fingerprint density at radius 3 is 1.25 bits per heavy atom. The summed E-state index contributed by atoms with van der Waals surface area (Å²) in [7, 11) is 0. The highest BCUT2D eigenvalue weighted by Crippen LogP contribution is 2.50. The molecule has 0 unspecified atom stereocenters. The van der Waals surface area contributed by atoms with Gasteiger partial charge in [0.15, 0.2) is 0 Å². The highest BCUT2D eigenvalue weighted by molar-refractivity contribution is 5.07. The molecule has 0 aromatic carbocycles. The molecule has 2 saturated heterocycles. The van der Waals surface area contributed by atoms with Gasteiger partial charge in [0, 0.05) is 24.2 Å². The van der Waals surface area contributed by atoms with E-state index in [1.54, 1.807) is 0 Å². The van der Waals surface area contributed by atoms with Crippen molar-refractivity contribution in [3.05, 3.63) is 0 Å². The van der Waals surface area contributed by atoms with Crippen molar-refractivity contribution < 1.29 is 0 Å². The zero-order valence-electron chi connectivity index (χ0n) is 7.45. The largest absolute Gasteiger partial charge is 0.235 e. The highest BCUT2D eigenvalue weighted by atomic mass is 15.7. The van der Waals surface area contributed by atoms with Crippen LogP contribution in [-0.2, 0) is 0 Å². The topological polar surface area (TPSA) is 6.48 Å². The molecule has 2 nitrogen and oxygen atoms in total. The zero-order valence-corrected chi connectivity index (χ0v) is 7.45. The Hall–Kier alpha value is -0.0800. The number of hydrogen-bond donors (Lipinski definition) is 0. The molecule has 4 atom stereocenters. The van der Waals surface area contributed by atoms with E-state index < -0.39 is 0 Å². The summed E-state index contributed by atoms with van der Waals surface area (Å²) in [6.07, 6.45) is 8.95. The van der Waals surface area contributed by atoms with Crippen LogP contribution in [0.4, 0.5) is 0 Å². The third-order valence-electron chi connectivity index (χ3n) is 4.52. The van der Waals surface area contributed by atoms with Crippen molar-refractivity contribution in [3.8, 4) is 0 Å². The summed E-state index contributed by atoms with van der Waals surface area (Å²) in [5.41, 5.74) is 0. The van der Waals surface area contributed by atoms with Gasteiger partial charge < -0.3 is 0 Å². The average Bonchev–Trinajstić information content (AvgIpc) is 2.83. The SMILES string of the molecule is C1C[C@H]2C[C@H]1N1[C@H]3CC[C@@H](C3)N21. The summed E-state index contributed by atoms with van der Waals surface area (Å²) >= 11 is 0. The Labute approximate surface area is 73.5 Å². The molecule has 2 heteroatoms. The van der Waals surface area contributed by atoms with Crippen LogP contribution in [0.15, 0.2) is 0 Å². The maximum absolute atomic E-state index is 2.77. The van der Waals surface area contributed by atoms with Gasteiger partial charge in [0.05, 0.1) is 0 Å². The smallest absolute Gasteiger partial charge is 0.0265 e. The van der Waals surface area contributed by atoms with Crippen molar-refractivity contribution >= 4 is 0 Å². The molecule has 4 fully saturated rings. The first-order valence-electron chi connectivity index (χ1n) is 5.50. The first-order chi connectivity index (χ1) is 5.93. The normalized spacial score (nSPS) is 57.0. The standard InChI is InChI=1S/C10H16N2/c1-2-8-5-7(1)11-9-3-4-10(6-9)12(8)11/h7-10H,1-6H2/t7-,8-,9-,10-/m0/s1. The van der Waals surface area contributed by atoms with Gasteiger partial charge >= 0.3 is 0 Å². The number of rotatable bonds is 0. The van der Waals surface area contributed by atoms with Crippen molar-refractivity contribution in [1.29, 1.82) is 0 Å². The average molecular weight is 164 g/mol. The predicted molar refractivity (Wildman–Crippen MR) is 46.5 cm³/mol. The fourth-order valence-corrected chi connectivity index (χ4v) is 4.18. The minimum Gasteiger partial charge on any atom is -0.235 e. The Bertz CT molecular complexity index is 184. The van der Waals surface area contributed by atoms with E-state index in [-0.39, 0.29) is 0 Å². The second kappa shape index (κ2) is 1.88. The summed E-state index contributed by atoms with van der Waals surface area (Å²) in [6.45, 7) is 0. The summed E-state index contributed by atoms with van der Waals surface area (Å²) in [5.74, 6) is 0. The molecule has 66 valence electrons. The molecule has 0 radical (unpaired) electrons. The highest BCUT2D eigenvalue weighted by Gasteiger charge is 2.56. The molecule has 0 aromatic heterocycles. The Kier molecular flexibility index (Phi) is 0.999. The van der Waals surface area contributed by atoms with Crippen LogP contribution in [0.1, 0.15) is 38.5 Å². The van der Waals surface area contributed by atoms with Gasteiger partial charge in [0.25, 0.3) is 0 Å². The molecule has 2 heterocycles. The number of hydrogen-bond acceptors (Lipinski definition) is 2. The van der Waals surface area contributed by atoms with Crippen LogP contribution in [0.25, 0.3) is 0 Å². The molecular weight excluding hydrogens is 148 g/mol. The van der Waals surface area contributed by atoms with Gasteiger partial charge in [-0.2, -0.15) is 0 Å². The molecule has 2 aliphatic heterocycles. The number of hydrazine groups is 1. The van der Waals surface area contributed by atoms with Gasteiger partial charge in [-0.3, -0.25) is 0 Å². The second-order valence-corrected chi connectivity index (χ2v) is 5.00. The maximum Gasteiger partial charge on any atom is 0.0265 e. The van der Waals surface area contributed by atoms with Crippen molar-refractivity contribution in [3.63, 3.8) is 0 Å². The van der Waals surface area contributed by atoms with Crippen LogP contribution in [0.2, 0.25) is 0 Å². The van der Waals surface area contributed by atoms with Crippen LogP contribution in [0.3, 0.4) is 0 Å². The summed E-state index contributed by atoms with van der Waals surface area (Å²) in [5, 5.41) is 5.53. The molecule has 4 bridgehead atoms. The van der Waals surface area contributed by atoms with Crippen LogP contribution in [0, 0.1) is 0 Å². The lowest BCUT2D eigenvalue weighted by molar-refractivity contribution is -0.0780. The first-order valence-corrected chi connectivity index (χ1v) is 5.50. The third kappa shape index (κ3) is 0.549. The van der Waals surface area contributed by atoms with Crippen molar-refractivity contribution in [2.75, 3.05) is 0 Å². The molecule has 4 rings (SSSR count). The van der Waals surface area contributed by atoms with Gasteiger partial charge in [-0.05, 0) is 38.5 Å². The lowest BCUT2D eigenvalue weighted by Crippen LogP contribution is -2.50. The van der Waals surface area contributed by atoms with Gasteiger partial charge in [0.1, 0.15) is 0 Å². The fraction of sp³-hybridized carbons (Fsp3) is 1.00. The van der Waals surface area contributed by atoms with E-state index in [4.69, 9.17) is 0 Å². The summed E-state index contributed by atoms with van der Waals surface area (Å²) in [4.78, 5) is 0. The van der Waals surface area contributed by atoms with E-state index in [1.165, 1.54) is 38.5 Å².